The Morgan fingerprint density at radius 3 is 2.64 bits per heavy atom. The van der Waals surface area contributed by atoms with Gasteiger partial charge in [-0.1, -0.05) is 32.9 Å². The molecule has 0 bridgehead atoms. The van der Waals surface area contributed by atoms with Gasteiger partial charge in [0, 0.05) is 22.7 Å². The molecular formula is C18H18N4O2S. The van der Waals surface area contributed by atoms with E-state index in [1.54, 1.807) is 18.3 Å². The number of amides is 1. The van der Waals surface area contributed by atoms with Crippen LogP contribution in [-0.2, 0) is 5.41 Å². The van der Waals surface area contributed by atoms with Gasteiger partial charge in [0.15, 0.2) is 0 Å². The van der Waals surface area contributed by atoms with Gasteiger partial charge in [-0.15, -0.1) is 11.3 Å². The molecule has 0 aliphatic heterocycles. The summed E-state index contributed by atoms with van der Waals surface area (Å²) >= 11 is 1.39. The molecule has 1 aromatic carbocycles. The summed E-state index contributed by atoms with van der Waals surface area (Å²) in [7, 11) is 0. The van der Waals surface area contributed by atoms with E-state index < -0.39 is 0 Å². The van der Waals surface area contributed by atoms with Crippen molar-refractivity contribution in [3.63, 3.8) is 0 Å². The maximum Gasteiger partial charge on any atom is 0.267 e. The van der Waals surface area contributed by atoms with Gasteiger partial charge in [0.25, 0.3) is 11.5 Å². The number of carbonyl (C=O) groups excluding carboxylic acids is 1. The Morgan fingerprint density at radius 1 is 1.20 bits per heavy atom. The van der Waals surface area contributed by atoms with Crippen LogP contribution in [0.4, 0.5) is 5.69 Å². The van der Waals surface area contributed by atoms with Crippen molar-refractivity contribution in [3.05, 3.63) is 62.8 Å². The number of aromatic amines is 1. The van der Waals surface area contributed by atoms with Gasteiger partial charge in [0.2, 0.25) is 0 Å². The van der Waals surface area contributed by atoms with Crippen molar-refractivity contribution >= 4 is 22.9 Å². The van der Waals surface area contributed by atoms with Crippen molar-refractivity contribution in [2.24, 2.45) is 0 Å². The van der Waals surface area contributed by atoms with E-state index >= 15 is 0 Å². The van der Waals surface area contributed by atoms with Gasteiger partial charge in [0.05, 0.1) is 16.9 Å². The SMILES string of the molecule is CC(C)(C)c1ncc(C(=O)Nc2cccc(-c3ccc(=O)[nH]n3)c2)s1. The largest absolute Gasteiger partial charge is 0.321 e. The minimum absolute atomic E-state index is 0.0843. The number of thiazole rings is 1. The average Bonchev–Trinajstić information content (AvgIpc) is 3.06. The molecule has 2 N–H and O–H groups in total. The van der Waals surface area contributed by atoms with Crippen molar-refractivity contribution < 1.29 is 4.79 Å². The Bertz CT molecular complexity index is 949. The molecule has 0 fully saturated rings. The fourth-order valence-corrected chi connectivity index (χ4v) is 3.05. The zero-order valence-corrected chi connectivity index (χ0v) is 15.0. The highest BCUT2D eigenvalue weighted by Gasteiger charge is 2.20. The second-order valence-electron chi connectivity index (χ2n) is 6.62. The zero-order chi connectivity index (χ0) is 18.0. The van der Waals surface area contributed by atoms with E-state index in [1.165, 1.54) is 17.4 Å². The first-order valence-electron chi connectivity index (χ1n) is 7.77. The average molecular weight is 354 g/mol. The number of rotatable bonds is 3. The van der Waals surface area contributed by atoms with Crippen molar-refractivity contribution in [2.75, 3.05) is 5.32 Å². The van der Waals surface area contributed by atoms with E-state index in [1.807, 2.05) is 18.2 Å². The van der Waals surface area contributed by atoms with Gasteiger partial charge < -0.3 is 5.32 Å². The molecule has 2 heterocycles. The van der Waals surface area contributed by atoms with Crippen LogP contribution in [0.1, 0.15) is 35.5 Å². The molecule has 3 aromatic rings. The Balaban J connectivity index is 1.80. The van der Waals surface area contributed by atoms with Crippen LogP contribution in [-0.4, -0.2) is 21.1 Å². The molecule has 0 saturated heterocycles. The normalized spacial score (nSPS) is 11.3. The molecule has 7 heteroatoms. The Kier molecular flexibility index (Phi) is 4.50. The third-order valence-corrected chi connectivity index (χ3v) is 4.89. The second-order valence-corrected chi connectivity index (χ2v) is 7.65. The summed E-state index contributed by atoms with van der Waals surface area (Å²) in [6, 6.07) is 10.4. The zero-order valence-electron chi connectivity index (χ0n) is 14.2. The maximum absolute atomic E-state index is 12.4. The third kappa shape index (κ3) is 4.00. The molecular weight excluding hydrogens is 336 g/mol. The molecule has 0 radical (unpaired) electrons. The summed E-state index contributed by atoms with van der Waals surface area (Å²) in [6.07, 6.45) is 1.61. The molecule has 3 rings (SSSR count). The number of aromatic nitrogens is 3. The molecule has 0 aliphatic carbocycles. The third-order valence-electron chi connectivity index (χ3n) is 3.47. The van der Waals surface area contributed by atoms with E-state index in [0.29, 0.717) is 16.3 Å². The predicted molar refractivity (Wildman–Crippen MR) is 99.1 cm³/mol. The molecule has 1 amide bonds. The molecule has 128 valence electrons. The number of anilines is 1. The number of nitrogens with zero attached hydrogens (tertiary/aromatic N) is 2. The second kappa shape index (κ2) is 6.60. The lowest BCUT2D eigenvalue weighted by atomic mass is 9.98. The molecule has 0 aliphatic rings. The van der Waals surface area contributed by atoms with Crippen LogP contribution in [0.25, 0.3) is 11.3 Å². The van der Waals surface area contributed by atoms with E-state index in [0.717, 1.165) is 10.6 Å². The van der Waals surface area contributed by atoms with Gasteiger partial charge in [-0.2, -0.15) is 5.10 Å². The minimum atomic E-state index is -0.256. The van der Waals surface area contributed by atoms with Crippen molar-refractivity contribution in [2.45, 2.75) is 26.2 Å². The van der Waals surface area contributed by atoms with Crippen LogP contribution in [0.15, 0.2) is 47.4 Å². The highest BCUT2D eigenvalue weighted by molar-refractivity contribution is 7.13. The molecule has 0 unspecified atom stereocenters. The van der Waals surface area contributed by atoms with Crippen molar-refractivity contribution in [1.29, 1.82) is 0 Å². The number of H-pyrrole nitrogens is 1. The van der Waals surface area contributed by atoms with Crippen LogP contribution in [0.5, 0.6) is 0 Å². The first-order valence-corrected chi connectivity index (χ1v) is 8.58. The number of hydrogen-bond acceptors (Lipinski definition) is 5. The van der Waals surface area contributed by atoms with E-state index in [9.17, 15) is 9.59 Å². The highest BCUT2D eigenvalue weighted by atomic mass is 32.1. The Morgan fingerprint density at radius 2 is 2.00 bits per heavy atom. The van der Waals surface area contributed by atoms with Crippen LogP contribution in [0.3, 0.4) is 0 Å². The Hall–Kier alpha value is -2.80. The maximum atomic E-state index is 12.4. The number of nitrogens with one attached hydrogen (secondary N) is 2. The quantitative estimate of drug-likeness (QED) is 0.754. The molecule has 6 nitrogen and oxygen atoms in total. The molecule has 0 atom stereocenters. The number of hydrogen-bond donors (Lipinski definition) is 2. The summed E-state index contributed by atoms with van der Waals surface area (Å²) in [6.45, 7) is 6.19. The van der Waals surface area contributed by atoms with Crippen LogP contribution >= 0.6 is 11.3 Å². The van der Waals surface area contributed by atoms with Crippen LogP contribution < -0.4 is 10.9 Å². The fraction of sp³-hybridized carbons (Fsp3) is 0.222. The Labute approximate surface area is 149 Å². The smallest absolute Gasteiger partial charge is 0.267 e. The van der Waals surface area contributed by atoms with Gasteiger partial charge in [-0.25, -0.2) is 10.1 Å². The van der Waals surface area contributed by atoms with E-state index in [2.05, 4.69) is 41.3 Å². The first-order chi connectivity index (χ1) is 11.8. The number of carbonyl (C=O) groups is 1. The first kappa shape index (κ1) is 17.0. The van der Waals surface area contributed by atoms with E-state index in [-0.39, 0.29) is 16.9 Å². The fourth-order valence-electron chi connectivity index (χ4n) is 2.18. The lowest BCUT2D eigenvalue weighted by Crippen LogP contribution is -2.11. The van der Waals surface area contributed by atoms with Gasteiger partial charge >= 0.3 is 0 Å². The van der Waals surface area contributed by atoms with E-state index in [4.69, 9.17) is 0 Å². The summed E-state index contributed by atoms with van der Waals surface area (Å²) in [5.74, 6) is -0.195. The topological polar surface area (TPSA) is 87.7 Å². The summed E-state index contributed by atoms with van der Waals surface area (Å²) in [4.78, 5) is 28.5. The molecule has 0 saturated carbocycles. The lowest BCUT2D eigenvalue weighted by Gasteiger charge is -2.13. The number of benzene rings is 1. The standard InChI is InChI=1S/C18H18N4O2S/c1-18(2,3)17-19-10-14(25-17)16(24)20-12-6-4-5-11(9-12)13-7-8-15(23)22-21-13/h4-10H,1-3H3,(H,20,24)(H,22,23). The van der Waals surface area contributed by atoms with Crippen molar-refractivity contribution in [3.8, 4) is 11.3 Å². The monoisotopic (exact) mass is 354 g/mol. The van der Waals surface area contributed by atoms with Gasteiger partial charge in [-0.3, -0.25) is 9.59 Å². The van der Waals surface area contributed by atoms with Crippen molar-refractivity contribution in [1.82, 2.24) is 15.2 Å². The van der Waals surface area contributed by atoms with Crippen LogP contribution in [0.2, 0.25) is 0 Å². The summed E-state index contributed by atoms with van der Waals surface area (Å²) in [5, 5.41) is 10.2. The highest BCUT2D eigenvalue weighted by Crippen LogP contribution is 2.27. The van der Waals surface area contributed by atoms with Gasteiger partial charge in [-0.05, 0) is 18.2 Å². The predicted octanol–water partition coefficient (Wildman–Crippen LogP) is 3.44. The lowest BCUT2D eigenvalue weighted by molar-refractivity contribution is 0.103. The summed E-state index contributed by atoms with van der Waals surface area (Å²) < 4.78 is 0. The molecule has 0 spiro atoms. The molecule has 2 aromatic heterocycles. The van der Waals surface area contributed by atoms with Crippen LogP contribution in [0, 0.1) is 0 Å². The molecule has 25 heavy (non-hydrogen) atoms. The summed E-state index contributed by atoms with van der Waals surface area (Å²) in [5.41, 5.74) is 1.74. The van der Waals surface area contributed by atoms with Gasteiger partial charge in [0.1, 0.15) is 4.88 Å². The minimum Gasteiger partial charge on any atom is -0.321 e.